The largest absolute Gasteiger partial charge is 0.467 e. The summed E-state index contributed by atoms with van der Waals surface area (Å²) in [6.45, 7) is 2.03. The summed E-state index contributed by atoms with van der Waals surface area (Å²) >= 11 is 6.42. The molecule has 1 amide bonds. The van der Waals surface area contributed by atoms with Crippen LogP contribution in [0.25, 0.3) is 0 Å². The molecule has 2 aromatic heterocycles. The van der Waals surface area contributed by atoms with Crippen molar-refractivity contribution in [2.45, 2.75) is 24.7 Å². The molecule has 1 aromatic carbocycles. The van der Waals surface area contributed by atoms with Crippen molar-refractivity contribution in [2.75, 3.05) is 36.4 Å². The molecule has 2 atom stereocenters. The third kappa shape index (κ3) is 4.03. The number of hydrogen-bond donors (Lipinski definition) is 1. The molecule has 0 saturated carbocycles. The van der Waals surface area contributed by atoms with Crippen molar-refractivity contribution < 1.29 is 22.4 Å². The van der Waals surface area contributed by atoms with E-state index in [0.29, 0.717) is 31.9 Å². The van der Waals surface area contributed by atoms with Gasteiger partial charge < -0.3 is 19.5 Å². The standard InChI is InChI=1S/C22H21ClF3N5O2/c23-18-19(21(32)30-10-8-29(9-11-30)14-5-2-1-3-6-14)28-31-17(22(24,25)26)13-15(27-20(18)31)16-7-4-12-33-16/h1-7,12,15,17,27H,8-11,13H2/t15-,17+/m1/s1. The van der Waals surface area contributed by atoms with E-state index >= 15 is 0 Å². The molecule has 33 heavy (non-hydrogen) atoms. The van der Waals surface area contributed by atoms with Crippen LogP contribution in [0.1, 0.15) is 34.8 Å². The fraction of sp³-hybridized carbons (Fsp3) is 0.364. The van der Waals surface area contributed by atoms with E-state index in [1.807, 2.05) is 30.3 Å². The molecule has 174 valence electrons. The number of carbonyl (C=O) groups is 1. The minimum atomic E-state index is -4.57. The monoisotopic (exact) mass is 479 g/mol. The molecule has 1 N–H and O–H groups in total. The summed E-state index contributed by atoms with van der Waals surface area (Å²) in [5.41, 5.74) is 0.878. The number of anilines is 2. The van der Waals surface area contributed by atoms with Gasteiger partial charge in [-0.2, -0.15) is 18.3 Å². The summed E-state index contributed by atoms with van der Waals surface area (Å²) < 4.78 is 47.7. The summed E-state index contributed by atoms with van der Waals surface area (Å²) in [4.78, 5) is 16.9. The van der Waals surface area contributed by atoms with E-state index in [9.17, 15) is 18.0 Å². The SMILES string of the molecule is O=C(c1nn2c(c1Cl)N[C@@H](c1ccco1)C[C@H]2C(F)(F)F)N1CCN(c2ccccc2)CC1. The number of nitrogens with zero attached hydrogens (tertiary/aromatic N) is 4. The number of para-hydroxylation sites is 1. The number of furan rings is 1. The van der Waals surface area contributed by atoms with Gasteiger partial charge in [0, 0.05) is 38.3 Å². The van der Waals surface area contributed by atoms with Gasteiger partial charge in [-0.25, -0.2) is 4.68 Å². The lowest BCUT2D eigenvalue weighted by Gasteiger charge is -2.35. The summed E-state index contributed by atoms with van der Waals surface area (Å²) in [5, 5.41) is 6.89. The lowest BCUT2D eigenvalue weighted by molar-refractivity contribution is -0.174. The van der Waals surface area contributed by atoms with Crippen LogP contribution in [0.4, 0.5) is 24.7 Å². The third-order valence-electron chi connectivity index (χ3n) is 6.07. The van der Waals surface area contributed by atoms with Crippen molar-refractivity contribution in [3.8, 4) is 0 Å². The predicted molar refractivity (Wildman–Crippen MR) is 117 cm³/mol. The second-order valence-corrected chi connectivity index (χ2v) is 8.45. The molecule has 0 radical (unpaired) electrons. The van der Waals surface area contributed by atoms with Crippen LogP contribution >= 0.6 is 11.6 Å². The molecule has 0 unspecified atom stereocenters. The van der Waals surface area contributed by atoms with Crippen molar-refractivity contribution in [3.05, 3.63) is 65.2 Å². The van der Waals surface area contributed by atoms with E-state index in [-0.39, 0.29) is 23.0 Å². The molecule has 5 rings (SSSR count). The highest BCUT2D eigenvalue weighted by atomic mass is 35.5. The van der Waals surface area contributed by atoms with E-state index in [0.717, 1.165) is 10.4 Å². The zero-order valence-corrected chi connectivity index (χ0v) is 18.2. The highest BCUT2D eigenvalue weighted by Gasteiger charge is 2.48. The molecule has 1 saturated heterocycles. The number of hydrogen-bond acceptors (Lipinski definition) is 5. The Hall–Kier alpha value is -3.14. The molecule has 7 nitrogen and oxygen atoms in total. The third-order valence-corrected chi connectivity index (χ3v) is 6.43. The zero-order valence-electron chi connectivity index (χ0n) is 17.4. The number of amides is 1. The molecular weight excluding hydrogens is 459 g/mol. The molecular formula is C22H21ClF3N5O2. The smallest absolute Gasteiger partial charge is 0.410 e. The van der Waals surface area contributed by atoms with E-state index in [2.05, 4.69) is 15.3 Å². The first-order chi connectivity index (χ1) is 15.8. The highest BCUT2D eigenvalue weighted by Crippen LogP contribution is 2.46. The fourth-order valence-corrected chi connectivity index (χ4v) is 4.62. The Balaban J connectivity index is 1.39. The van der Waals surface area contributed by atoms with Gasteiger partial charge in [0.25, 0.3) is 5.91 Å². The van der Waals surface area contributed by atoms with E-state index < -0.39 is 24.2 Å². The van der Waals surface area contributed by atoms with Gasteiger partial charge in [-0.15, -0.1) is 0 Å². The number of nitrogens with one attached hydrogen (secondary N) is 1. The van der Waals surface area contributed by atoms with Crippen LogP contribution in [-0.4, -0.2) is 52.9 Å². The van der Waals surface area contributed by atoms with Gasteiger partial charge in [0.15, 0.2) is 11.7 Å². The second kappa shape index (κ2) is 8.33. The maximum atomic E-state index is 13.9. The summed E-state index contributed by atoms with van der Waals surface area (Å²) in [6.07, 6.45) is -3.50. The normalized spacial score (nSPS) is 21.0. The van der Waals surface area contributed by atoms with Crippen LogP contribution in [0.15, 0.2) is 53.1 Å². The summed E-state index contributed by atoms with van der Waals surface area (Å²) in [6, 6.07) is 10.4. The number of alkyl halides is 3. The lowest BCUT2D eigenvalue weighted by atomic mass is 10.0. The maximum Gasteiger partial charge on any atom is 0.410 e. The highest BCUT2D eigenvalue weighted by molar-refractivity contribution is 6.36. The molecule has 0 spiro atoms. The van der Waals surface area contributed by atoms with E-state index in [1.165, 1.54) is 6.26 Å². The van der Waals surface area contributed by atoms with Crippen molar-refractivity contribution in [3.63, 3.8) is 0 Å². The Morgan fingerprint density at radius 2 is 1.82 bits per heavy atom. The molecule has 0 bridgehead atoms. The first-order valence-electron chi connectivity index (χ1n) is 10.6. The van der Waals surface area contributed by atoms with Crippen LogP contribution in [0.5, 0.6) is 0 Å². The van der Waals surface area contributed by atoms with E-state index in [1.54, 1.807) is 17.0 Å². The van der Waals surface area contributed by atoms with Gasteiger partial charge in [-0.1, -0.05) is 29.8 Å². The van der Waals surface area contributed by atoms with Gasteiger partial charge >= 0.3 is 6.18 Å². The average molecular weight is 480 g/mol. The molecule has 1 fully saturated rings. The van der Waals surface area contributed by atoms with E-state index in [4.69, 9.17) is 16.0 Å². The van der Waals surface area contributed by atoms with Crippen LogP contribution in [0.3, 0.4) is 0 Å². The second-order valence-electron chi connectivity index (χ2n) is 8.08. The minimum Gasteiger partial charge on any atom is -0.467 e. The predicted octanol–water partition coefficient (Wildman–Crippen LogP) is 4.75. The van der Waals surface area contributed by atoms with Crippen molar-refractivity contribution >= 4 is 29.0 Å². The quantitative estimate of drug-likeness (QED) is 0.587. The van der Waals surface area contributed by atoms with Gasteiger partial charge in [0.05, 0.1) is 12.3 Å². The molecule has 4 heterocycles. The van der Waals surface area contributed by atoms with Gasteiger partial charge in [-0.3, -0.25) is 4.79 Å². The van der Waals surface area contributed by atoms with Crippen molar-refractivity contribution in [2.24, 2.45) is 0 Å². The molecule has 2 aliphatic rings. The van der Waals surface area contributed by atoms with Crippen LogP contribution in [0.2, 0.25) is 5.02 Å². The fourth-order valence-electron chi connectivity index (χ4n) is 4.36. The Morgan fingerprint density at radius 3 is 2.45 bits per heavy atom. The average Bonchev–Trinajstić information content (AvgIpc) is 3.47. The zero-order chi connectivity index (χ0) is 23.2. The van der Waals surface area contributed by atoms with Crippen molar-refractivity contribution in [1.29, 1.82) is 0 Å². The Labute approximate surface area is 192 Å². The number of benzene rings is 1. The molecule has 11 heteroatoms. The number of fused-ring (bicyclic) bond motifs is 1. The van der Waals surface area contributed by atoms with Gasteiger partial charge in [-0.05, 0) is 24.3 Å². The number of carbonyl (C=O) groups excluding carboxylic acids is 1. The lowest BCUT2D eigenvalue weighted by Crippen LogP contribution is -2.49. The molecule has 3 aromatic rings. The van der Waals surface area contributed by atoms with Crippen LogP contribution in [0, 0.1) is 0 Å². The van der Waals surface area contributed by atoms with Gasteiger partial charge in [0.1, 0.15) is 16.6 Å². The number of aromatic nitrogens is 2. The minimum absolute atomic E-state index is 0.0297. The Morgan fingerprint density at radius 1 is 1.09 bits per heavy atom. The first kappa shape index (κ1) is 21.7. The Bertz CT molecular complexity index is 1130. The maximum absolute atomic E-state index is 13.9. The number of rotatable bonds is 3. The van der Waals surface area contributed by atoms with Crippen LogP contribution in [-0.2, 0) is 0 Å². The summed E-state index contributed by atoms with van der Waals surface area (Å²) in [5.74, 6) is -0.150. The van der Waals surface area contributed by atoms with Gasteiger partial charge in [0.2, 0.25) is 0 Å². The van der Waals surface area contributed by atoms with Crippen LogP contribution < -0.4 is 10.2 Å². The van der Waals surface area contributed by atoms with Crippen molar-refractivity contribution in [1.82, 2.24) is 14.7 Å². The Kier molecular flexibility index (Phi) is 5.48. The number of piperazine rings is 1. The molecule has 2 aliphatic heterocycles. The molecule has 0 aliphatic carbocycles. The summed E-state index contributed by atoms with van der Waals surface area (Å²) in [7, 11) is 0. The first-order valence-corrected chi connectivity index (χ1v) is 10.9. The number of halogens is 4. The topological polar surface area (TPSA) is 66.5 Å².